The number of ether oxygens (including phenoxy) is 1. The number of hydrogen-bond acceptors (Lipinski definition) is 7. The van der Waals surface area contributed by atoms with Gasteiger partial charge >= 0.3 is 5.97 Å². The summed E-state index contributed by atoms with van der Waals surface area (Å²) in [6.07, 6.45) is 0.120. The van der Waals surface area contributed by atoms with Crippen LogP contribution in [0.3, 0.4) is 0 Å². The normalized spacial score (nSPS) is 10.8. The summed E-state index contributed by atoms with van der Waals surface area (Å²) in [5.74, 6) is -1.39. The van der Waals surface area contributed by atoms with Gasteiger partial charge < -0.3 is 9.64 Å². The van der Waals surface area contributed by atoms with E-state index in [0.717, 1.165) is 11.3 Å². The van der Waals surface area contributed by atoms with Gasteiger partial charge in [0.15, 0.2) is 6.61 Å². The Balaban J connectivity index is 1.89. The SMILES string of the molecule is N#CCCN(C(=O)COC(=O)CNS(=O)(=O)c1cccs1)c1ccccc1. The van der Waals surface area contributed by atoms with Crippen molar-refractivity contribution in [1.82, 2.24) is 4.72 Å². The van der Waals surface area contributed by atoms with Crippen molar-refractivity contribution >= 4 is 38.9 Å². The Morgan fingerprint density at radius 3 is 2.56 bits per heavy atom. The molecule has 0 spiro atoms. The number of carbonyl (C=O) groups excluding carboxylic acids is 2. The molecule has 142 valence electrons. The van der Waals surface area contributed by atoms with Crippen molar-refractivity contribution in [2.24, 2.45) is 0 Å². The van der Waals surface area contributed by atoms with E-state index in [1.807, 2.05) is 6.07 Å². The highest BCUT2D eigenvalue weighted by Crippen LogP contribution is 2.15. The molecule has 0 saturated heterocycles. The quantitative estimate of drug-likeness (QED) is 0.630. The second-order valence-electron chi connectivity index (χ2n) is 5.21. The van der Waals surface area contributed by atoms with Gasteiger partial charge in [-0.2, -0.15) is 9.98 Å². The average molecular weight is 407 g/mol. The standard InChI is InChI=1S/C17H17N3O5S2/c18-9-5-10-20(14-6-2-1-3-7-14)15(21)13-25-16(22)12-19-27(23,24)17-8-4-11-26-17/h1-4,6-8,11,19H,5,10,12-13H2. The topological polar surface area (TPSA) is 117 Å². The van der Waals surface area contributed by atoms with E-state index in [1.54, 1.807) is 41.8 Å². The largest absolute Gasteiger partial charge is 0.455 e. The number of thiophene rings is 1. The molecule has 0 aliphatic carbocycles. The number of rotatable bonds is 9. The van der Waals surface area contributed by atoms with Gasteiger partial charge in [0.1, 0.15) is 10.8 Å². The van der Waals surface area contributed by atoms with E-state index >= 15 is 0 Å². The van der Waals surface area contributed by atoms with Crippen LogP contribution in [0.25, 0.3) is 0 Å². The van der Waals surface area contributed by atoms with Gasteiger partial charge in [-0.3, -0.25) is 9.59 Å². The summed E-state index contributed by atoms with van der Waals surface area (Å²) in [7, 11) is -3.79. The molecule has 27 heavy (non-hydrogen) atoms. The molecule has 1 aromatic carbocycles. The average Bonchev–Trinajstić information content (AvgIpc) is 3.22. The van der Waals surface area contributed by atoms with Crippen molar-refractivity contribution in [2.75, 3.05) is 24.6 Å². The highest BCUT2D eigenvalue weighted by molar-refractivity contribution is 7.91. The van der Waals surface area contributed by atoms with E-state index in [0.29, 0.717) is 5.69 Å². The molecule has 10 heteroatoms. The highest BCUT2D eigenvalue weighted by Gasteiger charge is 2.20. The van der Waals surface area contributed by atoms with Gasteiger partial charge in [0.25, 0.3) is 15.9 Å². The van der Waals surface area contributed by atoms with Crippen molar-refractivity contribution in [2.45, 2.75) is 10.6 Å². The fourth-order valence-corrected chi connectivity index (χ4v) is 4.09. The van der Waals surface area contributed by atoms with E-state index in [4.69, 9.17) is 10.00 Å². The van der Waals surface area contributed by atoms with Gasteiger partial charge in [-0.1, -0.05) is 24.3 Å². The van der Waals surface area contributed by atoms with Crippen molar-refractivity contribution in [1.29, 1.82) is 5.26 Å². The molecule has 0 aliphatic rings. The maximum Gasteiger partial charge on any atom is 0.321 e. The van der Waals surface area contributed by atoms with Crippen LogP contribution in [0, 0.1) is 11.3 Å². The molecule has 0 atom stereocenters. The molecule has 0 radical (unpaired) electrons. The van der Waals surface area contributed by atoms with Crippen molar-refractivity contribution in [3.8, 4) is 6.07 Å². The Morgan fingerprint density at radius 1 is 1.19 bits per heavy atom. The van der Waals surface area contributed by atoms with E-state index < -0.39 is 35.1 Å². The lowest BCUT2D eigenvalue weighted by atomic mass is 10.2. The van der Waals surface area contributed by atoms with Crippen LogP contribution in [0.5, 0.6) is 0 Å². The van der Waals surface area contributed by atoms with Crippen LogP contribution in [-0.4, -0.2) is 40.0 Å². The van der Waals surface area contributed by atoms with Crippen LogP contribution in [0.1, 0.15) is 6.42 Å². The Labute approximate surface area is 161 Å². The monoisotopic (exact) mass is 407 g/mol. The molecular weight excluding hydrogens is 390 g/mol. The molecular formula is C17H17N3O5S2. The summed E-state index contributed by atoms with van der Waals surface area (Å²) in [6, 6.07) is 13.6. The zero-order valence-corrected chi connectivity index (χ0v) is 15.8. The van der Waals surface area contributed by atoms with Crippen LogP contribution in [0.15, 0.2) is 52.1 Å². The smallest absolute Gasteiger partial charge is 0.321 e. The van der Waals surface area contributed by atoms with Crippen LogP contribution in [-0.2, 0) is 24.3 Å². The van der Waals surface area contributed by atoms with Gasteiger partial charge in [0.05, 0.1) is 12.5 Å². The van der Waals surface area contributed by atoms with E-state index in [9.17, 15) is 18.0 Å². The van der Waals surface area contributed by atoms with Crippen molar-refractivity contribution in [3.63, 3.8) is 0 Å². The first kappa shape index (κ1) is 20.6. The first-order chi connectivity index (χ1) is 12.9. The summed E-state index contributed by atoms with van der Waals surface area (Å²) in [4.78, 5) is 25.5. The molecule has 2 aromatic rings. The van der Waals surface area contributed by atoms with Crippen LogP contribution in [0.2, 0.25) is 0 Å². The fraction of sp³-hybridized carbons (Fsp3) is 0.235. The molecule has 1 aromatic heterocycles. The molecule has 0 unspecified atom stereocenters. The number of sulfonamides is 1. The van der Waals surface area contributed by atoms with Gasteiger partial charge in [-0.25, -0.2) is 8.42 Å². The maximum atomic E-state index is 12.3. The third-order valence-electron chi connectivity index (χ3n) is 3.34. The molecule has 1 heterocycles. The molecule has 2 rings (SSSR count). The number of hydrogen-bond donors (Lipinski definition) is 1. The highest BCUT2D eigenvalue weighted by atomic mass is 32.2. The minimum absolute atomic E-state index is 0.0816. The Kier molecular flexibility index (Phi) is 7.48. The summed E-state index contributed by atoms with van der Waals surface area (Å²) in [5.41, 5.74) is 0.576. The maximum absolute atomic E-state index is 12.3. The molecule has 0 saturated carbocycles. The number of carbonyl (C=O) groups is 2. The molecule has 0 bridgehead atoms. The van der Waals surface area contributed by atoms with E-state index in [-0.39, 0.29) is 17.2 Å². The zero-order valence-electron chi connectivity index (χ0n) is 14.2. The van der Waals surface area contributed by atoms with Gasteiger partial charge in [0, 0.05) is 12.2 Å². The first-order valence-electron chi connectivity index (χ1n) is 7.85. The van der Waals surface area contributed by atoms with Crippen LogP contribution in [0.4, 0.5) is 5.69 Å². The minimum Gasteiger partial charge on any atom is -0.455 e. The minimum atomic E-state index is -3.79. The Bertz CT molecular complexity index is 906. The van der Waals surface area contributed by atoms with Crippen molar-refractivity contribution < 1.29 is 22.7 Å². The summed E-state index contributed by atoms with van der Waals surface area (Å²) in [6.45, 7) is -0.987. The summed E-state index contributed by atoms with van der Waals surface area (Å²) >= 11 is 1.02. The molecule has 0 fully saturated rings. The van der Waals surface area contributed by atoms with Crippen LogP contribution < -0.4 is 9.62 Å². The molecule has 0 aliphatic heterocycles. The van der Waals surface area contributed by atoms with Gasteiger partial charge in [-0.15, -0.1) is 11.3 Å². The number of esters is 1. The van der Waals surface area contributed by atoms with Crippen LogP contribution >= 0.6 is 11.3 Å². The van der Waals surface area contributed by atoms with Gasteiger partial charge in [0.2, 0.25) is 0 Å². The first-order valence-corrected chi connectivity index (χ1v) is 10.2. The zero-order chi connectivity index (χ0) is 19.7. The number of para-hydroxylation sites is 1. The van der Waals surface area contributed by atoms with Gasteiger partial charge in [-0.05, 0) is 23.6 Å². The number of nitriles is 1. The fourth-order valence-electron chi connectivity index (χ4n) is 2.08. The number of nitrogens with one attached hydrogen (secondary N) is 1. The predicted octanol–water partition coefficient (Wildman–Crippen LogP) is 1.52. The van der Waals surface area contributed by atoms with Crippen molar-refractivity contribution in [3.05, 3.63) is 47.8 Å². The lowest BCUT2D eigenvalue weighted by Crippen LogP contribution is -2.37. The number of nitrogens with zero attached hydrogens (tertiary/aromatic N) is 2. The third-order valence-corrected chi connectivity index (χ3v) is 6.14. The summed E-state index contributed by atoms with van der Waals surface area (Å²) in [5, 5.41) is 10.4. The Morgan fingerprint density at radius 2 is 1.93 bits per heavy atom. The van der Waals surface area contributed by atoms with E-state index in [1.165, 1.54) is 11.0 Å². The molecule has 1 amide bonds. The third kappa shape index (κ3) is 6.18. The predicted molar refractivity (Wildman–Crippen MR) is 99.5 cm³/mol. The number of amides is 1. The van der Waals surface area contributed by atoms with E-state index in [2.05, 4.69) is 4.72 Å². The Hall–Kier alpha value is -2.74. The number of benzene rings is 1. The lowest BCUT2D eigenvalue weighted by Gasteiger charge is -2.21. The molecule has 1 N–H and O–H groups in total. The second-order valence-corrected chi connectivity index (χ2v) is 8.15. The lowest BCUT2D eigenvalue weighted by molar-refractivity contribution is -0.146. The second kappa shape index (κ2) is 9.82. The molecule has 8 nitrogen and oxygen atoms in total. The summed E-state index contributed by atoms with van der Waals surface area (Å²) < 4.78 is 30.9. The number of anilines is 1.